The van der Waals surface area contributed by atoms with Gasteiger partial charge < -0.3 is 11.1 Å². The SMILES string of the molecule is N=C(CN)Nc1ccc(-n2nc(C(F)(F)F)cc2-c2ccc3c(ccc4ccccc43)c2)cc1. The molecule has 5 rings (SSSR count). The fraction of sp³-hybridized carbons (Fsp3) is 0.0769. The Morgan fingerprint density at radius 3 is 2.32 bits per heavy atom. The molecule has 0 atom stereocenters. The van der Waals surface area contributed by atoms with Gasteiger partial charge in [0.05, 0.1) is 17.9 Å². The monoisotopic (exact) mass is 459 g/mol. The van der Waals surface area contributed by atoms with Gasteiger partial charge in [0.15, 0.2) is 5.69 Å². The number of nitrogens with one attached hydrogen (secondary N) is 2. The van der Waals surface area contributed by atoms with Crippen LogP contribution in [0.4, 0.5) is 18.9 Å². The van der Waals surface area contributed by atoms with Crippen molar-refractivity contribution in [1.29, 1.82) is 5.41 Å². The van der Waals surface area contributed by atoms with Gasteiger partial charge in [-0.05, 0) is 57.9 Å². The van der Waals surface area contributed by atoms with Gasteiger partial charge in [0.25, 0.3) is 0 Å². The molecule has 4 N–H and O–H groups in total. The Labute approximate surface area is 193 Å². The summed E-state index contributed by atoms with van der Waals surface area (Å²) in [5.41, 5.74) is 6.50. The van der Waals surface area contributed by atoms with Crippen LogP contribution in [0.1, 0.15) is 5.69 Å². The molecule has 170 valence electrons. The van der Waals surface area contributed by atoms with Gasteiger partial charge in [0.2, 0.25) is 0 Å². The second-order valence-corrected chi connectivity index (χ2v) is 7.90. The molecular weight excluding hydrogens is 439 g/mol. The van der Waals surface area contributed by atoms with Crippen LogP contribution in [0.5, 0.6) is 0 Å². The summed E-state index contributed by atoms with van der Waals surface area (Å²) in [6, 6.07) is 25.3. The number of nitrogens with two attached hydrogens (primary N) is 1. The first-order valence-corrected chi connectivity index (χ1v) is 10.6. The van der Waals surface area contributed by atoms with E-state index in [4.69, 9.17) is 11.1 Å². The van der Waals surface area contributed by atoms with Crippen molar-refractivity contribution < 1.29 is 13.2 Å². The molecule has 0 saturated carbocycles. The summed E-state index contributed by atoms with van der Waals surface area (Å²) in [7, 11) is 0. The smallest absolute Gasteiger partial charge is 0.343 e. The minimum Gasteiger partial charge on any atom is -0.343 e. The van der Waals surface area contributed by atoms with E-state index >= 15 is 0 Å². The zero-order valence-electron chi connectivity index (χ0n) is 17.9. The molecule has 34 heavy (non-hydrogen) atoms. The predicted octanol–water partition coefficient (Wildman–Crippen LogP) is 6.21. The Hall–Kier alpha value is -4.17. The average Bonchev–Trinajstić information content (AvgIpc) is 3.30. The number of anilines is 1. The zero-order chi connectivity index (χ0) is 23.9. The van der Waals surface area contributed by atoms with Crippen LogP contribution in [0.15, 0.2) is 84.9 Å². The number of nitrogens with zero attached hydrogens (tertiary/aromatic N) is 2. The molecule has 0 fully saturated rings. The molecule has 0 unspecified atom stereocenters. The van der Waals surface area contributed by atoms with E-state index < -0.39 is 11.9 Å². The first kappa shape index (κ1) is 21.7. The van der Waals surface area contributed by atoms with Crippen molar-refractivity contribution in [2.75, 3.05) is 11.9 Å². The number of aromatic nitrogens is 2. The van der Waals surface area contributed by atoms with Crippen LogP contribution in [-0.2, 0) is 6.18 Å². The Kier molecular flexibility index (Phi) is 5.30. The molecule has 0 bridgehead atoms. The second kappa shape index (κ2) is 8.31. The third-order valence-corrected chi connectivity index (χ3v) is 5.65. The quantitative estimate of drug-likeness (QED) is 0.170. The maximum Gasteiger partial charge on any atom is 0.435 e. The molecule has 0 aliphatic rings. The van der Waals surface area contributed by atoms with Crippen LogP contribution in [0.2, 0.25) is 0 Å². The minimum atomic E-state index is -4.58. The number of halogens is 3. The highest BCUT2D eigenvalue weighted by molar-refractivity contribution is 6.08. The summed E-state index contributed by atoms with van der Waals surface area (Å²) < 4.78 is 42.0. The summed E-state index contributed by atoms with van der Waals surface area (Å²) in [5, 5.41) is 18.5. The first-order chi connectivity index (χ1) is 16.3. The number of alkyl halides is 3. The van der Waals surface area contributed by atoms with Crippen molar-refractivity contribution in [1.82, 2.24) is 9.78 Å². The summed E-state index contributed by atoms with van der Waals surface area (Å²) in [6.07, 6.45) is -4.58. The minimum absolute atomic E-state index is 0.0528. The van der Waals surface area contributed by atoms with Gasteiger partial charge in [0, 0.05) is 11.3 Å². The Morgan fingerprint density at radius 1 is 0.882 bits per heavy atom. The van der Waals surface area contributed by atoms with Crippen LogP contribution < -0.4 is 11.1 Å². The van der Waals surface area contributed by atoms with Crippen molar-refractivity contribution in [3.8, 4) is 16.9 Å². The first-order valence-electron chi connectivity index (χ1n) is 10.6. The number of fused-ring (bicyclic) bond motifs is 3. The maximum atomic E-state index is 13.6. The molecule has 0 saturated heterocycles. The zero-order valence-corrected chi connectivity index (χ0v) is 17.9. The summed E-state index contributed by atoms with van der Waals surface area (Å²) in [6.45, 7) is 0.0528. The molecule has 0 amide bonds. The number of benzene rings is 4. The molecule has 1 aromatic heterocycles. The number of rotatable bonds is 4. The topological polar surface area (TPSA) is 79.7 Å². The van der Waals surface area contributed by atoms with Crippen LogP contribution in [0, 0.1) is 5.41 Å². The Morgan fingerprint density at radius 2 is 1.59 bits per heavy atom. The van der Waals surface area contributed by atoms with E-state index in [0.717, 1.165) is 27.6 Å². The highest BCUT2D eigenvalue weighted by Crippen LogP contribution is 2.35. The average molecular weight is 459 g/mol. The van der Waals surface area contributed by atoms with Crippen molar-refractivity contribution in [2.24, 2.45) is 5.73 Å². The molecule has 1 heterocycles. The fourth-order valence-electron chi connectivity index (χ4n) is 4.01. The molecule has 5 aromatic rings. The van der Waals surface area contributed by atoms with E-state index in [1.54, 1.807) is 24.3 Å². The van der Waals surface area contributed by atoms with Crippen molar-refractivity contribution >= 4 is 33.1 Å². The molecule has 0 aliphatic heterocycles. The fourth-order valence-corrected chi connectivity index (χ4v) is 4.01. The maximum absolute atomic E-state index is 13.6. The number of amidine groups is 1. The van der Waals surface area contributed by atoms with Gasteiger partial charge in [-0.1, -0.05) is 48.5 Å². The van der Waals surface area contributed by atoms with Crippen LogP contribution in [0.3, 0.4) is 0 Å². The molecule has 8 heteroatoms. The van der Waals surface area contributed by atoms with E-state index in [0.29, 0.717) is 22.6 Å². The molecule has 4 aromatic carbocycles. The lowest BCUT2D eigenvalue weighted by atomic mass is 9.99. The lowest BCUT2D eigenvalue weighted by Gasteiger charge is -2.11. The van der Waals surface area contributed by atoms with E-state index in [9.17, 15) is 13.2 Å². The summed E-state index contributed by atoms with van der Waals surface area (Å²) >= 11 is 0. The van der Waals surface area contributed by atoms with E-state index in [1.807, 2.05) is 54.6 Å². The van der Waals surface area contributed by atoms with Crippen molar-refractivity contribution in [3.05, 3.63) is 90.6 Å². The van der Waals surface area contributed by atoms with Crippen LogP contribution in [-0.4, -0.2) is 22.2 Å². The largest absolute Gasteiger partial charge is 0.435 e. The van der Waals surface area contributed by atoms with Crippen LogP contribution >= 0.6 is 0 Å². The van der Waals surface area contributed by atoms with Crippen LogP contribution in [0.25, 0.3) is 38.5 Å². The van der Waals surface area contributed by atoms with Gasteiger partial charge in [-0.25, -0.2) is 4.68 Å². The number of hydrogen-bond acceptors (Lipinski definition) is 3. The highest BCUT2D eigenvalue weighted by Gasteiger charge is 2.35. The molecule has 5 nitrogen and oxygen atoms in total. The van der Waals surface area contributed by atoms with E-state index in [2.05, 4.69) is 10.4 Å². The summed E-state index contributed by atoms with van der Waals surface area (Å²) in [5.74, 6) is 0.135. The highest BCUT2D eigenvalue weighted by atomic mass is 19.4. The van der Waals surface area contributed by atoms with Crippen molar-refractivity contribution in [2.45, 2.75) is 6.18 Å². The van der Waals surface area contributed by atoms with Gasteiger partial charge in [-0.2, -0.15) is 18.3 Å². The van der Waals surface area contributed by atoms with Gasteiger partial charge in [-0.3, -0.25) is 5.41 Å². The van der Waals surface area contributed by atoms with Gasteiger partial charge >= 0.3 is 6.18 Å². The van der Waals surface area contributed by atoms with Crippen molar-refractivity contribution in [3.63, 3.8) is 0 Å². The lowest BCUT2D eigenvalue weighted by Crippen LogP contribution is -2.21. The predicted molar refractivity (Wildman–Crippen MR) is 129 cm³/mol. The third-order valence-electron chi connectivity index (χ3n) is 5.65. The Bertz CT molecular complexity index is 1520. The summed E-state index contributed by atoms with van der Waals surface area (Å²) in [4.78, 5) is 0. The van der Waals surface area contributed by atoms with Gasteiger partial charge in [-0.15, -0.1) is 0 Å². The third kappa shape index (κ3) is 3.99. The second-order valence-electron chi connectivity index (χ2n) is 7.90. The van der Waals surface area contributed by atoms with E-state index in [1.165, 1.54) is 4.68 Å². The molecule has 0 radical (unpaired) electrons. The molecule has 0 aliphatic carbocycles. The Balaban J connectivity index is 1.62. The molecule has 0 spiro atoms. The number of hydrogen-bond donors (Lipinski definition) is 3. The van der Waals surface area contributed by atoms with Gasteiger partial charge in [0.1, 0.15) is 5.84 Å². The van der Waals surface area contributed by atoms with E-state index in [-0.39, 0.29) is 12.4 Å². The molecular formula is C26H20F3N5. The lowest BCUT2D eigenvalue weighted by molar-refractivity contribution is -0.141. The standard InChI is InChI=1S/C26H20F3N5/c27-26(28,29)24-14-23(34(33-24)20-10-8-19(9-11-20)32-25(31)15-30)18-7-12-22-17(13-18)6-5-16-3-1-2-4-21(16)22/h1-14H,15,30H2,(H2,31,32). The normalized spacial score (nSPS) is 11.8.